The molecule has 128 valence electrons. The minimum atomic E-state index is -0.306. The number of hydrogen-bond donors (Lipinski definition) is 0. The van der Waals surface area contributed by atoms with Crippen LogP contribution in [0.2, 0.25) is 0 Å². The Morgan fingerprint density at radius 1 is 0.880 bits per heavy atom. The van der Waals surface area contributed by atoms with Gasteiger partial charge in [0.15, 0.2) is 5.78 Å². The predicted molar refractivity (Wildman–Crippen MR) is 97.4 cm³/mol. The summed E-state index contributed by atoms with van der Waals surface area (Å²) in [6.07, 6.45) is 3.89. The van der Waals surface area contributed by atoms with E-state index in [-0.39, 0.29) is 23.7 Å². The number of hydrogen-bond acceptors (Lipinski definition) is 2. The fourth-order valence-electron chi connectivity index (χ4n) is 3.98. The molecule has 3 nitrogen and oxygen atoms in total. The first-order valence-electron chi connectivity index (χ1n) is 9.20. The van der Waals surface area contributed by atoms with E-state index >= 15 is 0 Å². The lowest BCUT2D eigenvalue weighted by molar-refractivity contribution is -0.133. The summed E-state index contributed by atoms with van der Waals surface area (Å²) in [4.78, 5) is 28.1. The van der Waals surface area contributed by atoms with Crippen LogP contribution in [0, 0.1) is 5.92 Å². The summed E-state index contributed by atoms with van der Waals surface area (Å²) >= 11 is 0. The van der Waals surface area contributed by atoms with Crippen molar-refractivity contribution < 1.29 is 9.59 Å². The number of benzene rings is 2. The molecule has 1 aliphatic heterocycles. The molecule has 2 atom stereocenters. The highest BCUT2D eigenvalue weighted by molar-refractivity contribution is 6.02. The first kappa shape index (κ1) is 16.1. The molecule has 1 aliphatic carbocycles. The maximum atomic E-state index is 13.3. The molecule has 3 heteroatoms. The van der Waals surface area contributed by atoms with E-state index in [1.807, 2.05) is 65.6 Å². The summed E-state index contributed by atoms with van der Waals surface area (Å²) in [6.45, 7) is 0.693. The van der Waals surface area contributed by atoms with Gasteiger partial charge in [-0.2, -0.15) is 0 Å². The third kappa shape index (κ3) is 3.23. The van der Waals surface area contributed by atoms with Crippen molar-refractivity contribution in [1.82, 2.24) is 4.90 Å². The molecule has 1 amide bonds. The van der Waals surface area contributed by atoms with Gasteiger partial charge in [0.1, 0.15) is 0 Å². The molecule has 25 heavy (non-hydrogen) atoms. The number of rotatable bonds is 5. The molecule has 2 aromatic carbocycles. The quantitative estimate of drug-likeness (QED) is 0.774. The second kappa shape index (κ2) is 6.83. The van der Waals surface area contributed by atoms with Gasteiger partial charge >= 0.3 is 0 Å². The van der Waals surface area contributed by atoms with Crippen LogP contribution >= 0.6 is 0 Å². The highest BCUT2D eigenvalue weighted by atomic mass is 16.2. The lowest BCUT2D eigenvalue weighted by Crippen LogP contribution is -2.43. The Balaban J connectivity index is 1.59. The van der Waals surface area contributed by atoms with Crippen LogP contribution in [0.4, 0.5) is 0 Å². The number of ketones is 1. The lowest BCUT2D eigenvalue weighted by Gasteiger charge is -2.28. The fourth-order valence-corrected chi connectivity index (χ4v) is 3.98. The molecule has 2 aliphatic rings. The average molecular weight is 333 g/mol. The van der Waals surface area contributed by atoms with Crippen LogP contribution in [-0.4, -0.2) is 29.2 Å². The van der Waals surface area contributed by atoms with Crippen LogP contribution in [0.25, 0.3) is 0 Å². The van der Waals surface area contributed by atoms with Crippen LogP contribution in [-0.2, 0) is 4.79 Å². The molecule has 0 aromatic heterocycles. The third-order valence-electron chi connectivity index (χ3n) is 5.41. The zero-order valence-electron chi connectivity index (χ0n) is 14.3. The second-order valence-electron chi connectivity index (χ2n) is 7.15. The number of Topliss-reactive ketones (excluding diaryl/α,β-unsaturated/α-hetero) is 1. The van der Waals surface area contributed by atoms with Crippen molar-refractivity contribution in [2.24, 2.45) is 5.92 Å². The van der Waals surface area contributed by atoms with Crippen molar-refractivity contribution in [3.05, 3.63) is 71.8 Å². The molecule has 2 aromatic rings. The zero-order valence-corrected chi connectivity index (χ0v) is 14.3. The van der Waals surface area contributed by atoms with Gasteiger partial charge in [-0.25, -0.2) is 0 Å². The Bertz CT molecular complexity index is 752. The minimum Gasteiger partial charge on any atom is -0.332 e. The molecule has 1 saturated heterocycles. The summed E-state index contributed by atoms with van der Waals surface area (Å²) in [7, 11) is 0. The Morgan fingerprint density at radius 3 is 2.16 bits per heavy atom. The Kier molecular flexibility index (Phi) is 4.39. The van der Waals surface area contributed by atoms with Gasteiger partial charge in [0.25, 0.3) is 0 Å². The Morgan fingerprint density at radius 2 is 1.52 bits per heavy atom. The molecule has 0 radical (unpaired) electrons. The molecular weight excluding hydrogens is 310 g/mol. The predicted octanol–water partition coefficient (Wildman–Crippen LogP) is 4.05. The molecular formula is C22H23NO2. The first-order chi connectivity index (χ1) is 12.3. The summed E-state index contributed by atoms with van der Waals surface area (Å²) in [5, 5.41) is 0. The van der Waals surface area contributed by atoms with Crippen LogP contribution in [0.15, 0.2) is 60.7 Å². The van der Waals surface area contributed by atoms with Gasteiger partial charge in [0, 0.05) is 12.1 Å². The molecule has 2 fully saturated rings. The van der Waals surface area contributed by atoms with E-state index < -0.39 is 0 Å². The van der Waals surface area contributed by atoms with Crippen LogP contribution in [0.3, 0.4) is 0 Å². The number of carbonyl (C=O) groups is 2. The normalized spacial score (nSPS) is 21.1. The van der Waals surface area contributed by atoms with Gasteiger partial charge in [0.05, 0.1) is 12.0 Å². The zero-order chi connectivity index (χ0) is 17.2. The third-order valence-corrected chi connectivity index (χ3v) is 5.41. The molecule has 2 unspecified atom stereocenters. The van der Waals surface area contributed by atoms with E-state index in [2.05, 4.69) is 0 Å². The van der Waals surface area contributed by atoms with Crippen LogP contribution in [0.5, 0.6) is 0 Å². The maximum Gasteiger partial charge on any atom is 0.231 e. The minimum absolute atomic E-state index is 0.0778. The second-order valence-corrected chi connectivity index (χ2v) is 7.15. The molecule has 1 heterocycles. The van der Waals surface area contributed by atoms with Crippen LogP contribution in [0.1, 0.15) is 47.5 Å². The highest BCUT2D eigenvalue weighted by Gasteiger charge is 2.43. The van der Waals surface area contributed by atoms with Gasteiger partial charge in [0.2, 0.25) is 5.91 Å². The van der Waals surface area contributed by atoms with E-state index in [4.69, 9.17) is 0 Å². The molecule has 4 rings (SSSR count). The van der Waals surface area contributed by atoms with E-state index in [1.165, 1.54) is 0 Å². The molecule has 0 N–H and O–H groups in total. The summed E-state index contributed by atoms with van der Waals surface area (Å²) in [6, 6.07) is 19.1. The maximum absolute atomic E-state index is 13.3. The number of nitrogens with zero attached hydrogens (tertiary/aromatic N) is 1. The van der Waals surface area contributed by atoms with Gasteiger partial charge in [-0.05, 0) is 37.2 Å². The number of amides is 1. The SMILES string of the molecule is O=C(c1ccccc1)C1CCCN1C(=O)C(c1ccccc1)C1CC1. The van der Waals surface area contributed by atoms with Gasteiger partial charge in [-0.15, -0.1) is 0 Å². The average Bonchev–Trinajstić information content (AvgIpc) is 3.37. The summed E-state index contributed by atoms with van der Waals surface area (Å²) in [5.41, 5.74) is 1.79. The topological polar surface area (TPSA) is 37.4 Å². The summed E-state index contributed by atoms with van der Waals surface area (Å²) < 4.78 is 0. The van der Waals surface area contributed by atoms with Crippen molar-refractivity contribution in [2.45, 2.75) is 37.6 Å². The van der Waals surface area contributed by atoms with E-state index in [1.54, 1.807) is 0 Å². The first-order valence-corrected chi connectivity index (χ1v) is 9.20. The van der Waals surface area contributed by atoms with E-state index in [9.17, 15) is 9.59 Å². The summed E-state index contributed by atoms with van der Waals surface area (Å²) in [5.74, 6) is 0.558. The van der Waals surface area contributed by atoms with E-state index in [0.29, 0.717) is 18.0 Å². The van der Waals surface area contributed by atoms with Crippen molar-refractivity contribution in [3.8, 4) is 0 Å². The molecule has 1 saturated carbocycles. The van der Waals surface area contributed by atoms with Gasteiger partial charge < -0.3 is 4.90 Å². The van der Waals surface area contributed by atoms with Gasteiger partial charge in [-0.1, -0.05) is 60.7 Å². The van der Waals surface area contributed by atoms with Crippen LogP contribution < -0.4 is 0 Å². The van der Waals surface area contributed by atoms with E-state index in [0.717, 1.165) is 31.2 Å². The molecule has 0 bridgehead atoms. The monoisotopic (exact) mass is 333 g/mol. The standard InChI is InChI=1S/C22H23NO2/c24-21(18-10-5-2-6-11-18)19-12-7-15-23(19)22(25)20(17-13-14-17)16-8-3-1-4-9-16/h1-6,8-11,17,19-20H,7,12-15H2. The smallest absolute Gasteiger partial charge is 0.231 e. The number of likely N-dealkylation sites (tertiary alicyclic amines) is 1. The van der Waals surface area contributed by atoms with Gasteiger partial charge in [-0.3, -0.25) is 9.59 Å². The highest BCUT2D eigenvalue weighted by Crippen LogP contribution is 2.44. The van der Waals surface area contributed by atoms with Crippen molar-refractivity contribution in [3.63, 3.8) is 0 Å². The molecule has 0 spiro atoms. The Hall–Kier alpha value is -2.42. The Labute approximate surface area is 148 Å². The fraction of sp³-hybridized carbons (Fsp3) is 0.364. The van der Waals surface area contributed by atoms with Crippen molar-refractivity contribution >= 4 is 11.7 Å². The van der Waals surface area contributed by atoms with Crippen molar-refractivity contribution in [1.29, 1.82) is 0 Å². The largest absolute Gasteiger partial charge is 0.332 e. The number of carbonyl (C=O) groups excluding carboxylic acids is 2. The van der Waals surface area contributed by atoms with Crippen molar-refractivity contribution in [2.75, 3.05) is 6.54 Å². The lowest BCUT2D eigenvalue weighted by atomic mass is 9.92.